The lowest BCUT2D eigenvalue weighted by atomic mass is 10.2. The van der Waals surface area contributed by atoms with Gasteiger partial charge in [-0.15, -0.1) is 11.3 Å². The summed E-state index contributed by atoms with van der Waals surface area (Å²) in [6, 6.07) is 13.2. The van der Waals surface area contributed by atoms with Crippen molar-refractivity contribution in [3.8, 4) is 23.0 Å². The molecule has 2 aromatic carbocycles. The Morgan fingerprint density at radius 2 is 2.00 bits per heavy atom. The van der Waals surface area contributed by atoms with Crippen molar-refractivity contribution in [1.82, 2.24) is 14.5 Å². The highest BCUT2D eigenvalue weighted by molar-refractivity contribution is 7.07. The van der Waals surface area contributed by atoms with Crippen molar-refractivity contribution < 1.29 is 14.3 Å². The Balaban J connectivity index is 1.42. The Morgan fingerprint density at radius 1 is 1.14 bits per heavy atom. The number of carbonyl (C=O) groups is 1. The van der Waals surface area contributed by atoms with Crippen LogP contribution in [0.1, 0.15) is 6.42 Å². The standard InChI is InChI=1S/C21H18N4O3S/c26-20(23-14-6-7-18-19(10-14)28-9-3-8-27-18)11-25-17-5-2-1-4-15(17)24-21(25)16-12-29-13-22-16/h1-2,4-7,10,12-13H,3,8-9,11H2,(H,23,26). The quantitative estimate of drug-likeness (QED) is 0.555. The van der Waals surface area contributed by atoms with Gasteiger partial charge in [-0.05, 0) is 24.3 Å². The van der Waals surface area contributed by atoms with Crippen LogP contribution in [0, 0.1) is 0 Å². The number of fused-ring (bicyclic) bond motifs is 2. The molecule has 1 aliphatic rings. The van der Waals surface area contributed by atoms with Crippen molar-refractivity contribution in [2.24, 2.45) is 0 Å². The zero-order valence-electron chi connectivity index (χ0n) is 15.5. The highest BCUT2D eigenvalue weighted by Gasteiger charge is 2.17. The molecule has 0 bridgehead atoms. The van der Waals surface area contributed by atoms with Gasteiger partial charge in [0, 0.05) is 23.6 Å². The molecule has 5 rings (SSSR count). The van der Waals surface area contributed by atoms with Crippen LogP contribution in [0.2, 0.25) is 0 Å². The molecule has 146 valence electrons. The van der Waals surface area contributed by atoms with Gasteiger partial charge in [0.25, 0.3) is 0 Å². The number of rotatable bonds is 4. The largest absolute Gasteiger partial charge is 0.490 e. The molecule has 2 aromatic heterocycles. The lowest BCUT2D eigenvalue weighted by Gasteiger charge is -2.12. The average molecular weight is 406 g/mol. The van der Waals surface area contributed by atoms with Crippen LogP contribution >= 0.6 is 11.3 Å². The number of anilines is 1. The highest BCUT2D eigenvalue weighted by Crippen LogP contribution is 2.32. The maximum absolute atomic E-state index is 12.8. The molecule has 0 radical (unpaired) electrons. The predicted octanol–water partition coefficient (Wildman–Crippen LogP) is 3.96. The maximum atomic E-state index is 12.8. The molecule has 7 nitrogen and oxygen atoms in total. The van der Waals surface area contributed by atoms with E-state index >= 15 is 0 Å². The van der Waals surface area contributed by atoms with Crippen LogP contribution in [0.5, 0.6) is 11.5 Å². The summed E-state index contributed by atoms with van der Waals surface area (Å²) in [5.74, 6) is 1.88. The summed E-state index contributed by atoms with van der Waals surface area (Å²) in [5.41, 5.74) is 4.91. The van der Waals surface area contributed by atoms with Gasteiger partial charge in [0.15, 0.2) is 17.3 Å². The Morgan fingerprint density at radius 3 is 2.86 bits per heavy atom. The van der Waals surface area contributed by atoms with Crippen LogP contribution < -0.4 is 14.8 Å². The minimum atomic E-state index is -0.154. The van der Waals surface area contributed by atoms with Gasteiger partial charge in [-0.1, -0.05) is 12.1 Å². The predicted molar refractivity (Wildman–Crippen MR) is 112 cm³/mol. The Bertz CT molecular complexity index is 1170. The van der Waals surface area contributed by atoms with E-state index < -0.39 is 0 Å². The van der Waals surface area contributed by atoms with Crippen LogP contribution in [0.25, 0.3) is 22.6 Å². The van der Waals surface area contributed by atoms with Crippen molar-refractivity contribution in [3.05, 3.63) is 53.4 Å². The molecule has 0 saturated heterocycles. The zero-order valence-corrected chi connectivity index (χ0v) is 16.3. The SMILES string of the molecule is O=C(Cn1c(-c2cscn2)nc2ccccc21)Nc1ccc2c(c1)OCCCO2. The van der Waals surface area contributed by atoms with E-state index in [2.05, 4.69) is 15.3 Å². The maximum Gasteiger partial charge on any atom is 0.244 e. The van der Waals surface area contributed by atoms with E-state index in [9.17, 15) is 4.79 Å². The van der Waals surface area contributed by atoms with Crippen LogP contribution in [-0.2, 0) is 11.3 Å². The number of amides is 1. The van der Waals surface area contributed by atoms with Crippen molar-refractivity contribution in [3.63, 3.8) is 0 Å². The Hall–Kier alpha value is -3.39. The lowest BCUT2D eigenvalue weighted by Crippen LogP contribution is -2.19. The van der Waals surface area contributed by atoms with E-state index in [-0.39, 0.29) is 12.5 Å². The summed E-state index contributed by atoms with van der Waals surface area (Å²) >= 11 is 1.50. The molecule has 29 heavy (non-hydrogen) atoms. The molecule has 0 spiro atoms. The number of nitrogens with zero attached hydrogens (tertiary/aromatic N) is 3. The average Bonchev–Trinajstić information content (AvgIpc) is 3.31. The number of carbonyl (C=O) groups excluding carboxylic acids is 1. The fourth-order valence-corrected chi connectivity index (χ4v) is 3.87. The van der Waals surface area contributed by atoms with Gasteiger partial charge >= 0.3 is 0 Å². The molecule has 0 saturated carbocycles. The number of benzene rings is 2. The van der Waals surface area contributed by atoms with Gasteiger partial charge < -0.3 is 19.4 Å². The summed E-state index contributed by atoms with van der Waals surface area (Å²) < 4.78 is 13.2. The molecule has 0 fully saturated rings. The molecule has 0 unspecified atom stereocenters. The van der Waals surface area contributed by atoms with E-state index in [4.69, 9.17) is 9.47 Å². The fraction of sp³-hybridized carbons (Fsp3) is 0.190. The second-order valence-corrected chi connectivity index (χ2v) is 7.36. The van der Waals surface area contributed by atoms with Gasteiger partial charge in [-0.25, -0.2) is 9.97 Å². The second kappa shape index (κ2) is 7.56. The molecule has 8 heteroatoms. The van der Waals surface area contributed by atoms with Gasteiger partial charge in [-0.3, -0.25) is 4.79 Å². The van der Waals surface area contributed by atoms with E-state index in [0.717, 1.165) is 23.1 Å². The van der Waals surface area contributed by atoms with E-state index in [0.29, 0.717) is 36.2 Å². The fourth-order valence-electron chi connectivity index (χ4n) is 3.34. The number of ether oxygens (including phenoxy) is 2. The van der Waals surface area contributed by atoms with E-state index in [1.165, 1.54) is 11.3 Å². The number of hydrogen-bond acceptors (Lipinski definition) is 6. The summed E-state index contributed by atoms with van der Waals surface area (Å²) in [7, 11) is 0. The molecular formula is C21H18N4O3S. The summed E-state index contributed by atoms with van der Waals surface area (Å²) in [5, 5.41) is 4.88. The van der Waals surface area contributed by atoms with E-state index in [1.54, 1.807) is 11.6 Å². The van der Waals surface area contributed by atoms with Crippen molar-refractivity contribution in [2.45, 2.75) is 13.0 Å². The van der Waals surface area contributed by atoms with Crippen molar-refractivity contribution in [1.29, 1.82) is 0 Å². The van der Waals surface area contributed by atoms with Crippen molar-refractivity contribution >= 4 is 34.0 Å². The second-order valence-electron chi connectivity index (χ2n) is 6.64. The molecule has 0 aliphatic carbocycles. The third kappa shape index (κ3) is 3.54. The number of thiazole rings is 1. The first-order valence-electron chi connectivity index (χ1n) is 9.31. The van der Waals surface area contributed by atoms with Gasteiger partial charge in [0.2, 0.25) is 5.91 Å². The number of hydrogen-bond donors (Lipinski definition) is 1. The topological polar surface area (TPSA) is 78.3 Å². The monoisotopic (exact) mass is 406 g/mol. The first-order chi connectivity index (χ1) is 14.3. The molecule has 1 aliphatic heterocycles. The zero-order chi connectivity index (χ0) is 19.6. The Labute approximate surface area is 170 Å². The first-order valence-corrected chi connectivity index (χ1v) is 10.3. The highest BCUT2D eigenvalue weighted by atomic mass is 32.1. The lowest BCUT2D eigenvalue weighted by molar-refractivity contribution is -0.116. The van der Waals surface area contributed by atoms with Crippen molar-refractivity contribution in [2.75, 3.05) is 18.5 Å². The van der Waals surface area contributed by atoms with E-state index in [1.807, 2.05) is 46.3 Å². The smallest absolute Gasteiger partial charge is 0.244 e. The number of aromatic nitrogens is 3. The molecule has 0 atom stereocenters. The minimum absolute atomic E-state index is 0.127. The number of imidazole rings is 1. The van der Waals surface area contributed by atoms with Crippen LogP contribution in [-0.4, -0.2) is 33.7 Å². The third-order valence-electron chi connectivity index (χ3n) is 4.65. The molecule has 3 heterocycles. The van der Waals surface area contributed by atoms with Gasteiger partial charge in [0.1, 0.15) is 12.2 Å². The van der Waals surface area contributed by atoms with Gasteiger partial charge in [-0.2, -0.15) is 0 Å². The number of para-hydroxylation sites is 2. The minimum Gasteiger partial charge on any atom is -0.490 e. The third-order valence-corrected chi connectivity index (χ3v) is 5.24. The summed E-state index contributed by atoms with van der Waals surface area (Å²) in [6.45, 7) is 1.36. The van der Waals surface area contributed by atoms with Gasteiger partial charge in [0.05, 0.1) is 29.8 Å². The normalized spacial score (nSPS) is 13.2. The Kier molecular flexibility index (Phi) is 4.61. The molecule has 4 aromatic rings. The van der Waals surface area contributed by atoms with Crippen LogP contribution in [0.4, 0.5) is 5.69 Å². The molecule has 1 N–H and O–H groups in total. The van der Waals surface area contributed by atoms with Crippen LogP contribution in [0.15, 0.2) is 53.4 Å². The number of nitrogens with one attached hydrogen (secondary N) is 1. The summed E-state index contributed by atoms with van der Waals surface area (Å²) in [4.78, 5) is 21.9. The van der Waals surface area contributed by atoms with Crippen LogP contribution in [0.3, 0.4) is 0 Å². The first kappa shape index (κ1) is 17.7. The summed E-state index contributed by atoms with van der Waals surface area (Å²) in [6.07, 6.45) is 0.837. The molecule has 1 amide bonds. The molecular weight excluding hydrogens is 388 g/mol.